The number of carbonyl (C=O) groups excluding carboxylic acids is 2. The zero-order valence-corrected chi connectivity index (χ0v) is 16.3. The van der Waals surface area contributed by atoms with E-state index < -0.39 is 17.6 Å². The third kappa shape index (κ3) is 4.45. The molecule has 1 aliphatic rings. The molecule has 0 radical (unpaired) electrons. The second-order valence-electron chi connectivity index (χ2n) is 7.11. The van der Waals surface area contributed by atoms with Crippen LogP contribution in [0.1, 0.15) is 26.4 Å². The molecule has 0 bridgehead atoms. The average Bonchev–Trinajstić information content (AvgIpc) is 3.29. The van der Waals surface area contributed by atoms with Crippen LogP contribution in [0, 0.1) is 0 Å². The van der Waals surface area contributed by atoms with Crippen molar-refractivity contribution in [2.24, 2.45) is 0 Å². The highest BCUT2D eigenvalue weighted by atomic mass is 19.4. The van der Waals surface area contributed by atoms with Crippen molar-refractivity contribution in [1.82, 2.24) is 15.0 Å². The van der Waals surface area contributed by atoms with Gasteiger partial charge in [0.05, 0.1) is 5.56 Å². The first kappa shape index (κ1) is 20.6. The van der Waals surface area contributed by atoms with E-state index in [1.807, 2.05) is 30.3 Å². The van der Waals surface area contributed by atoms with Crippen LogP contribution in [0.3, 0.4) is 0 Å². The van der Waals surface area contributed by atoms with Gasteiger partial charge in [0.2, 0.25) is 0 Å². The lowest BCUT2D eigenvalue weighted by molar-refractivity contribution is -0.137. The maximum atomic E-state index is 12.9. The van der Waals surface area contributed by atoms with Crippen molar-refractivity contribution < 1.29 is 27.3 Å². The van der Waals surface area contributed by atoms with Crippen LogP contribution in [0.2, 0.25) is 0 Å². The number of aromatic nitrogens is 1. The van der Waals surface area contributed by atoms with Crippen molar-refractivity contribution in [3.63, 3.8) is 0 Å². The molecule has 1 aromatic heterocycles. The number of nitrogens with zero attached hydrogens (tertiary/aromatic N) is 3. The molecule has 6 nitrogen and oxygen atoms in total. The fourth-order valence-electron chi connectivity index (χ4n) is 3.40. The Morgan fingerprint density at radius 1 is 0.839 bits per heavy atom. The summed E-state index contributed by atoms with van der Waals surface area (Å²) in [6.45, 7) is 0.919. The first-order valence-corrected chi connectivity index (χ1v) is 9.61. The van der Waals surface area contributed by atoms with Crippen molar-refractivity contribution in [3.05, 3.63) is 77.5 Å². The van der Waals surface area contributed by atoms with Gasteiger partial charge in [-0.25, -0.2) is 0 Å². The summed E-state index contributed by atoms with van der Waals surface area (Å²) >= 11 is 0. The molecule has 2 aromatic carbocycles. The van der Waals surface area contributed by atoms with Crippen LogP contribution in [0.4, 0.5) is 13.2 Å². The Labute approximate surface area is 175 Å². The Kier molecular flexibility index (Phi) is 5.50. The molecule has 3 aromatic rings. The van der Waals surface area contributed by atoms with E-state index in [4.69, 9.17) is 4.52 Å². The molecule has 0 spiro atoms. The van der Waals surface area contributed by atoms with E-state index in [1.54, 1.807) is 11.0 Å². The van der Waals surface area contributed by atoms with Gasteiger partial charge in [-0.1, -0.05) is 41.6 Å². The number of benzene rings is 2. The molecule has 2 amide bonds. The molecule has 1 aliphatic heterocycles. The standard InChI is InChI=1S/C22H18F3N3O3/c23-22(24,25)17-8-4-7-16(13-17)20(29)27-9-11-28(12-10-27)21(30)18-14-19(31-26-18)15-5-2-1-3-6-15/h1-8,13-14H,9-12H2. The topological polar surface area (TPSA) is 66.7 Å². The Morgan fingerprint density at radius 2 is 1.48 bits per heavy atom. The van der Waals surface area contributed by atoms with Gasteiger partial charge in [-0.15, -0.1) is 0 Å². The molecule has 0 saturated carbocycles. The summed E-state index contributed by atoms with van der Waals surface area (Å²) < 4.78 is 44.0. The zero-order chi connectivity index (χ0) is 22.0. The zero-order valence-electron chi connectivity index (χ0n) is 16.3. The lowest BCUT2D eigenvalue weighted by Crippen LogP contribution is -2.50. The summed E-state index contributed by atoms with van der Waals surface area (Å²) in [4.78, 5) is 28.3. The second kappa shape index (κ2) is 8.25. The minimum atomic E-state index is -4.52. The quantitative estimate of drug-likeness (QED) is 0.632. The molecule has 0 N–H and O–H groups in total. The normalized spacial score (nSPS) is 14.5. The summed E-state index contributed by atoms with van der Waals surface area (Å²) in [5.41, 5.74) is 0.0630. The molecule has 0 atom stereocenters. The molecule has 0 unspecified atom stereocenters. The van der Waals surface area contributed by atoms with Crippen LogP contribution in [0.5, 0.6) is 0 Å². The Morgan fingerprint density at radius 3 is 2.13 bits per heavy atom. The molecule has 9 heteroatoms. The molecule has 0 aliphatic carbocycles. The highest BCUT2D eigenvalue weighted by molar-refractivity contribution is 5.95. The Hall–Kier alpha value is -3.62. The van der Waals surface area contributed by atoms with Gasteiger partial charge >= 0.3 is 6.18 Å². The number of carbonyl (C=O) groups is 2. The molecule has 2 heterocycles. The van der Waals surface area contributed by atoms with E-state index in [9.17, 15) is 22.8 Å². The van der Waals surface area contributed by atoms with E-state index >= 15 is 0 Å². The maximum Gasteiger partial charge on any atom is 0.416 e. The number of hydrogen-bond acceptors (Lipinski definition) is 4. The van der Waals surface area contributed by atoms with Gasteiger partial charge in [0.25, 0.3) is 11.8 Å². The molecule has 31 heavy (non-hydrogen) atoms. The lowest BCUT2D eigenvalue weighted by Gasteiger charge is -2.34. The SMILES string of the molecule is O=C(c1cccc(C(F)(F)F)c1)N1CCN(C(=O)c2cc(-c3ccccc3)on2)CC1. The van der Waals surface area contributed by atoms with Gasteiger partial charge < -0.3 is 14.3 Å². The highest BCUT2D eigenvalue weighted by Gasteiger charge is 2.32. The first-order valence-electron chi connectivity index (χ1n) is 9.61. The third-order valence-corrected chi connectivity index (χ3v) is 5.08. The van der Waals surface area contributed by atoms with Gasteiger partial charge in [-0.3, -0.25) is 9.59 Å². The van der Waals surface area contributed by atoms with Crippen molar-refractivity contribution in [3.8, 4) is 11.3 Å². The fourth-order valence-corrected chi connectivity index (χ4v) is 3.40. The van der Waals surface area contributed by atoms with Crippen LogP contribution in [0.25, 0.3) is 11.3 Å². The molecule has 160 valence electrons. The van der Waals surface area contributed by atoms with E-state index in [1.165, 1.54) is 17.0 Å². The van der Waals surface area contributed by atoms with E-state index in [2.05, 4.69) is 5.16 Å². The highest BCUT2D eigenvalue weighted by Crippen LogP contribution is 2.30. The predicted octanol–water partition coefficient (Wildman–Crippen LogP) is 3.96. The number of amides is 2. The smallest absolute Gasteiger partial charge is 0.355 e. The van der Waals surface area contributed by atoms with Gasteiger partial charge in [0.1, 0.15) is 0 Å². The van der Waals surface area contributed by atoms with Crippen LogP contribution in [-0.4, -0.2) is 52.9 Å². The fraction of sp³-hybridized carbons (Fsp3) is 0.227. The van der Waals surface area contributed by atoms with Crippen molar-refractivity contribution in [2.75, 3.05) is 26.2 Å². The number of hydrogen-bond donors (Lipinski definition) is 0. The monoisotopic (exact) mass is 429 g/mol. The van der Waals surface area contributed by atoms with Crippen LogP contribution in [0.15, 0.2) is 65.2 Å². The third-order valence-electron chi connectivity index (χ3n) is 5.08. The molecular formula is C22H18F3N3O3. The van der Waals surface area contributed by atoms with E-state index in [0.717, 1.165) is 17.7 Å². The first-order chi connectivity index (χ1) is 14.8. The maximum absolute atomic E-state index is 12.9. The number of alkyl halides is 3. The molecule has 1 saturated heterocycles. The van der Waals surface area contributed by atoms with Gasteiger partial charge in [-0.05, 0) is 18.2 Å². The van der Waals surface area contributed by atoms with Crippen molar-refractivity contribution >= 4 is 11.8 Å². The number of rotatable bonds is 3. The predicted molar refractivity (Wildman–Crippen MR) is 105 cm³/mol. The Balaban J connectivity index is 1.39. The summed E-state index contributed by atoms with van der Waals surface area (Å²) in [6.07, 6.45) is -4.52. The number of piperazine rings is 1. The van der Waals surface area contributed by atoms with Crippen LogP contribution in [-0.2, 0) is 6.18 Å². The van der Waals surface area contributed by atoms with Gasteiger partial charge in [0, 0.05) is 43.4 Å². The minimum absolute atomic E-state index is 0.0291. The Bertz CT molecular complexity index is 1090. The van der Waals surface area contributed by atoms with E-state index in [-0.39, 0.29) is 43.3 Å². The summed E-state index contributed by atoms with van der Waals surface area (Å²) in [6, 6.07) is 15.2. The van der Waals surface area contributed by atoms with Crippen molar-refractivity contribution in [1.29, 1.82) is 0 Å². The summed E-state index contributed by atoms with van der Waals surface area (Å²) in [5, 5.41) is 3.85. The molecule has 1 fully saturated rings. The minimum Gasteiger partial charge on any atom is -0.355 e. The molecular weight excluding hydrogens is 411 g/mol. The second-order valence-corrected chi connectivity index (χ2v) is 7.11. The lowest BCUT2D eigenvalue weighted by atomic mass is 10.1. The van der Waals surface area contributed by atoms with Crippen molar-refractivity contribution in [2.45, 2.75) is 6.18 Å². The van der Waals surface area contributed by atoms with Crippen LogP contribution < -0.4 is 0 Å². The van der Waals surface area contributed by atoms with E-state index in [0.29, 0.717) is 5.76 Å². The summed E-state index contributed by atoms with van der Waals surface area (Å²) in [5.74, 6) is -0.342. The number of halogens is 3. The molecule has 4 rings (SSSR count). The van der Waals surface area contributed by atoms with Crippen LogP contribution >= 0.6 is 0 Å². The average molecular weight is 429 g/mol. The largest absolute Gasteiger partial charge is 0.416 e. The summed E-state index contributed by atoms with van der Waals surface area (Å²) in [7, 11) is 0. The van der Waals surface area contributed by atoms with Gasteiger partial charge in [-0.2, -0.15) is 13.2 Å². The van der Waals surface area contributed by atoms with Gasteiger partial charge in [0.15, 0.2) is 11.5 Å².